The summed E-state index contributed by atoms with van der Waals surface area (Å²) in [7, 11) is 0. The SMILES string of the molecule is Cc1ccc(F)cc1NC(=O)[C@@H](NC(=O)c1ccccc1C)C(C)C. The summed E-state index contributed by atoms with van der Waals surface area (Å²) in [5.41, 5.74) is 2.52. The molecule has 0 aliphatic heterocycles. The second-order valence-corrected chi connectivity index (χ2v) is 6.46. The molecule has 2 N–H and O–H groups in total. The third-order valence-corrected chi connectivity index (χ3v) is 4.08. The molecule has 0 saturated carbocycles. The zero-order valence-corrected chi connectivity index (χ0v) is 14.9. The van der Waals surface area contributed by atoms with Crippen LogP contribution in [0, 0.1) is 25.6 Å². The molecular formula is C20H23FN2O2. The van der Waals surface area contributed by atoms with Crippen LogP contribution in [0.1, 0.15) is 35.3 Å². The molecule has 0 bridgehead atoms. The van der Waals surface area contributed by atoms with Crippen LogP contribution in [-0.2, 0) is 4.79 Å². The van der Waals surface area contributed by atoms with E-state index < -0.39 is 11.9 Å². The van der Waals surface area contributed by atoms with E-state index in [0.29, 0.717) is 11.3 Å². The van der Waals surface area contributed by atoms with Gasteiger partial charge in [0.25, 0.3) is 5.91 Å². The lowest BCUT2D eigenvalue weighted by Crippen LogP contribution is -2.47. The highest BCUT2D eigenvalue weighted by molar-refractivity contribution is 6.02. The van der Waals surface area contributed by atoms with Crippen molar-refractivity contribution >= 4 is 17.5 Å². The average molecular weight is 342 g/mol. The first-order valence-electron chi connectivity index (χ1n) is 8.23. The molecule has 0 spiro atoms. The second kappa shape index (κ2) is 7.92. The first kappa shape index (κ1) is 18.6. The number of carbonyl (C=O) groups is 2. The van der Waals surface area contributed by atoms with Gasteiger partial charge in [0.05, 0.1) is 0 Å². The van der Waals surface area contributed by atoms with E-state index in [0.717, 1.165) is 11.1 Å². The van der Waals surface area contributed by atoms with Crippen molar-refractivity contribution in [3.63, 3.8) is 0 Å². The van der Waals surface area contributed by atoms with E-state index in [1.54, 1.807) is 25.1 Å². The third kappa shape index (κ3) is 4.66. The summed E-state index contributed by atoms with van der Waals surface area (Å²) in [4.78, 5) is 25.1. The molecule has 1 atom stereocenters. The van der Waals surface area contributed by atoms with Crippen molar-refractivity contribution < 1.29 is 14.0 Å². The highest BCUT2D eigenvalue weighted by Gasteiger charge is 2.25. The van der Waals surface area contributed by atoms with Gasteiger partial charge < -0.3 is 10.6 Å². The molecule has 25 heavy (non-hydrogen) atoms. The Bertz CT molecular complexity index is 787. The van der Waals surface area contributed by atoms with E-state index in [9.17, 15) is 14.0 Å². The van der Waals surface area contributed by atoms with Crippen LogP contribution in [-0.4, -0.2) is 17.9 Å². The molecule has 0 radical (unpaired) electrons. The first-order valence-corrected chi connectivity index (χ1v) is 8.23. The van der Waals surface area contributed by atoms with Gasteiger partial charge in [-0.25, -0.2) is 4.39 Å². The molecule has 5 heteroatoms. The van der Waals surface area contributed by atoms with Crippen LogP contribution in [0.4, 0.5) is 10.1 Å². The van der Waals surface area contributed by atoms with Crippen LogP contribution in [0.2, 0.25) is 0 Å². The molecule has 2 aromatic rings. The fraction of sp³-hybridized carbons (Fsp3) is 0.300. The normalized spacial score (nSPS) is 11.9. The van der Waals surface area contributed by atoms with E-state index in [4.69, 9.17) is 0 Å². The minimum absolute atomic E-state index is 0.123. The van der Waals surface area contributed by atoms with Crippen LogP contribution in [0.15, 0.2) is 42.5 Å². The van der Waals surface area contributed by atoms with Crippen LogP contribution in [0.5, 0.6) is 0 Å². The summed E-state index contributed by atoms with van der Waals surface area (Å²) in [6, 6.07) is 10.7. The lowest BCUT2D eigenvalue weighted by atomic mass is 10.0. The summed E-state index contributed by atoms with van der Waals surface area (Å²) in [5.74, 6) is -1.22. The van der Waals surface area contributed by atoms with E-state index >= 15 is 0 Å². The molecule has 132 valence electrons. The van der Waals surface area contributed by atoms with Crippen molar-refractivity contribution in [3.8, 4) is 0 Å². The molecule has 2 aromatic carbocycles. The molecule has 0 fully saturated rings. The minimum atomic E-state index is -0.727. The van der Waals surface area contributed by atoms with Crippen molar-refractivity contribution in [2.24, 2.45) is 5.92 Å². The predicted molar refractivity (Wildman–Crippen MR) is 97.0 cm³/mol. The Kier molecular flexibility index (Phi) is 5.91. The number of hydrogen-bond acceptors (Lipinski definition) is 2. The van der Waals surface area contributed by atoms with Gasteiger partial charge in [-0.15, -0.1) is 0 Å². The number of aryl methyl sites for hydroxylation is 2. The number of halogens is 1. The van der Waals surface area contributed by atoms with Gasteiger partial charge in [-0.05, 0) is 49.1 Å². The van der Waals surface area contributed by atoms with Crippen molar-refractivity contribution in [1.29, 1.82) is 0 Å². The van der Waals surface area contributed by atoms with Crippen LogP contribution >= 0.6 is 0 Å². The summed E-state index contributed by atoms with van der Waals surface area (Å²) in [6.07, 6.45) is 0. The van der Waals surface area contributed by atoms with Crippen molar-refractivity contribution in [1.82, 2.24) is 5.32 Å². The first-order chi connectivity index (χ1) is 11.8. The smallest absolute Gasteiger partial charge is 0.252 e. The van der Waals surface area contributed by atoms with Gasteiger partial charge in [0.2, 0.25) is 5.91 Å². The van der Waals surface area contributed by atoms with Gasteiger partial charge in [-0.2, -0.15) is 0 Å². The van der Waals surface area contributed by atoms with Gasteiger partial charge in [-0.1, -0.05) is 38.1 Å². The molecule has 0 heterocycles. The maximum Gasteiger partial charge on any atom is 0.252 e. The Balaban J connectivity index is 2.17. The number of carbonyl (C=O) groups excluding carboxylic acids is 2. The van der Waals surface area contributed by atoms with Gasteiger partial charge in [0.15, 0.2) is 0 Å². The Labute approximate surface area is 147 Å². The molecule has 0 aliphatic rings. The second-order valence-electron chi connectivity index (χ2n) is 6.46. The number of nitrogens with one attached hydrogen (secondary N) is 2. The van der Waals surface area contributed by atoms with Crippen molar-refractivity contribution in [2.75, 3.05) is 5.32 Å². The maximum absolute atomic E-state index is 13.4. The van der Waals surface area contributed by atoms with Crippen LogP contribution < -0.4 is 10.6 Å². The Morgan fingerprint density at radius 2 is 1.68 bits per heavy atom. The van der Waals surface area contributed by atoms with E-state index in [1.165, 1.54) is 12.1 Å². The highest BCUT2D eigenvalue weighted by atomic mass is 19.1. The van der Waals surface area contributed by atoms with Gasteiger partial charge >= 0.3 is 0 Å². The van der Waals surface area contributed by atoms with Crippen LogP contribution in [0.25, 0.3) is 0 Å². The zero-order valence-electron chi connectivity index (χ0n) is 14.9. The highest BCUT2D eigenvalue weighted by Crippen LogP contribution is 2.17. The number of anilines is 1. The number of hydrogen-bond donors (Lipinski definition) is 2. The summed E-state index contributed by atoms with van der Waals surface area (Å²) in [5, 5.41) is 5.49. The van der Waals surface area contributed by atoms with E-state index in [2.05, 4.69) is 10.6 Å². The summed E-state index contributed by atoms with van der Waals surface area (Å²) < 4.78 is 13.4. The number of amides is 2. The quantitative estimate of drug-likeness (QED) is 0.867. The fourth-order valence-corrected chi connectivity index (χ4v) is 2.52. The topological polar surface area (TPSA) is 58.2 Å². The third-order valence-electron chi connectivity index (χ3n) is 4.08. The molecule has 2 amide bonds. The fourth-order valence-electron chi connectivity index (χ4n) is 2.52. The van der Waals surface area contributed by atoms with Gasteiger partial charge in [-0.3, -0.25) is 9.59 Å². The molecule has 0 saturated heterocycles. The molecule has 0 aliphatic carbocycles. The van der Waals surface area contributed by atoms with E-state index in [1.807, 2.05) is 32.9 Å². The lowest BCUT2D eigenvalue weighted by Gasteiger charge is -2.22. The number of benzene rings is 2. The Morgan fingerprint density at radius 3 is 2.32 bits per heavy atom. The summed E-state index contributed by atoms with van der Waals surface area (Å²) in [6.45, 7) is 7.32. The Morgan fingerprint density at radius 1 is 1.00 bits per heavy atom. The zero-order chi connectivity index (χ0) is 18.6. The molecular weight excluding hydrogens is 319 g/mol. The van der Waals surface area contributed by atoms with E-state index in [-0.39, 0.29) is 17.7 Å². The number of rotatable bonds is 5. The predicted octanol–water partition coefficient (Wildman–Crippen LogP) is 3.84. The van der Waals surface area contributed by atoms with Crippen molar-refractivity contribution in [3.05, 3.63) is 65.0 Å². The Hall–Kier alpha value is -2.69. The van der Waals surface area contributed by atoms with Gasteiger partial charge in [0, 0.05) is 11.3 Å². The summed E-state index contributed by atoms with van der Waals surface area (Å²) >= 11 is 0. The monoisotopic (exact) mass is 342 g/mol. The standard InChI is InChI=1S/C20H23FN2O2/c1-12(2)18(23-19(24)16-8-6-5-7-13(16)3)20(25)22-17-11-15(21)10-9-14(17)4/h5-12,18H,1-4H3,(H,22,25)(H,23,24)/t18-/m0/s1. The lowest BCUT2D eigenvalue weighted by molar-refractivity contribution is -0.118. The molecule has 0 unspecified atom stereocenters. The van der Waals surface area contributed by atoms with Crippen molar-refractivity contribution in [2.45, 2.75) is 33.7 Å². The molecule has 2 rings (SSSR count). The van der Waals surface area contributed by atoms with Gasteiger partial charge in [0.1, 0.15) is 11.9 Å². The molecule has 4 nitrogen and oxygen atoms in total. The largest absolute Gasteiger partial charge is 0.340 e. The minimum Gasteiger partial charge on any atom is -0.340 e. The molecule has 0 aromatic heterocycles. The average Bonchev–Trinajstić information content (AvgIpc) is 2.55. The maximum atomic E-state index is 13.4. The van der Waals surface area contributed by atoms with Crippen LogP contribution in [0.3, 0.4) is 0 Å².